The van der Waals surface area contributed by atoms with Crippen molar-refractivity contribution >= 4 is 17.5 Å². The normalized spacial score (nSPS) is 17.0. The van der Waals surface area contributed by atoms with E-state index in [4.69, 9.17) is 4.74 Å². The number of ether oxygens (including phenoxy) is 1. The number of hydrogen-bond donors (Lipinski definition) is 2. The van der Waals surface area contributed by atoms with Crippen LogP contribution < -0.4 is 10.6 Å². The highest BCUT2D eigenvalue weighted by molar-refractivity contribution is 5.95. The van der Waals surface area contributed by atoms with Crippen LogP contribution in [-0.2, 0) is 20.5 Å². The Balaban J connectivity index is 1.86. The van der Waals surface area contributed by atoms with Gasteiger partial charge in [-0.3, -0.25) is 9.59 Å². The van der Waals surface area contributed by atoms with Crippen LogP contribution in [0.2, 0.25) is 0 Å². The van der Waals surface area contributed by atoms with Crippen molar-refractivity contribution in [3.63, 3.8) is 0 Å². The lowest BCUT2D eigenvalue weighted by molar-refractivity contribution is -0.137. The lowest BCUT2D eigenvalue weighted by atomic mass is 10.1. The predicted molar refractivity (Wildman–Crippen MR) is 94.2 cm³/mol. The smallest absolute Gasteiger partial charge is 0.377 e. The van der Waals surface area contributed by atoms with Crippen LogP contribution in [0.25, 0.3) is 0 Å². The van der Waals surface area contributed by atoms with Gasteiger partial charge in [0.25, 0.3) is 0 Å². The molecule has 1 aliphatic rings. The van der Waals surface area contributed by atoms with Crippen LogP contribution in [0.1, 0.15) is 25.3 Å². The topological polar surface area (TPSA) is 70.7 Å². The molecule has 0 bridgehead atoms. The molecule has 1 unspecified atom stereocenters. The number of amides is 2. The summed E-state index contributed by atoms with van der Waals surface area (Å²) in [6, 6.07) is 4.73. The van der Waals surface area contributed by atoms with Crippen LogP contribution >= 0.6 is 0 Å². The van der Waals surface area contributed by atoms with Gasteiger partial charge in [0.15, 0.2) is 0 Å². The third kappa shape index (κ3) is 6.51. The zero-order valence-corrected chi connectivity index (χ0v) is 15.1. The second-order valence-corrected chi connectivity index (χ2v) is 6.27. The van der Waals surface area contributed by atoms with Crippen molar-refractivity contribution in [3.8, 4) is 0 Å². The molecule has 1 aromatic carbocycles. The zero-order valence-electron chi connectivity index (χ0n) is 15.1. The Morgan fingerprint density at radius 2 is 2.04 bits per heavy atom. The molecule has 1 aromatic rings. The molecule has 0 spiro atoms. The van der Waals surface area contributed by atoms with Crippen molar-refractivity contribution in [1.29, 1.82) is 0 Å². The third-order valence-electron chi connectivity index (χ3n) is 4.25. The van der Waals surface area contributed by atoms with Crippen LogP contribution in [0.3, 0.4) is 0 Å². The van der Waals surface area contributed by atoms with Gasteiger partial charge in [-0.2, -0.15) is 13.2 Å². The molecule has 9 heteroatoms. The molecular weight excluding hydrogens is 363 g/mol. The zero-order chi connectivity index (χ0) is 19.9. The quantitative estimate of drug-likeness (QED) is 0.718. The van der Waals surface area contributed by atoms with E-state index in [2.05, 4.69) is 10.6 Å². The molecular formula is C18H24F3N3O3. The number of para-hydroxylation sites is 1. The van der Waals surface area contributed by atoms with E-state index in [9.17, 15) is 22.8 Å². The van der Waals surface area contributed by atoms with E-state index in [1.807, 2.05) is 0 Å². The number of hydrogen-bond acceptors (Lipinski definition) is 4. The molecule has 1 heterocycles. The molecule has 0 radical (unpaired) electrons. The Morgan fingerprint density at radius 1 is 1.30 bits per heavy atom. The minimum absolute atomic E-state index is 0.0418. The number of rotatable bonds is 8. The van der Waals surface area contributed by atoms with Crippen molar-refractivity contribution < 1.29 is 27.5 Å². The summed E-state index contributed by atoms with van der Waals surface area (Å²) in [6.07, 6.45) is -2.54. The maximum atomic E-state index is 13.0. The standard InChI is InChI=1S/C18H24F3N3O3/c1-2-24(17(26)11-22-10-13-6-5-9-27-13)12-16(25)23-15-8-4-3-7-14(15)18(19,20)21/h3-4,7-8,13,22H,2,5-6,9-12H2,1H3,(H,23,25). The van der Waals surface area contributed by atoms with Gasteiger partial charge in [-0.25, -0.2) is 0 Å². The minimum Gasteiger partial charge on any atom is -0.377 e. The molecule has 1 saturated heterocycles. The number of carbonyl (C=O) groups excluding carboxylic acids is 2. The van der Waals surface area contributed by atoms with Crippen molar-refractivity contribution in [2.75, 3.05) is 38.1 Å². The number of likely N-dealkylation sites (N-methyl/N-ethyl adjacent to an activating group) is 1. The molecule has 2 N–H and O–H groups in total. The Hall–Kier alpha value is -2.13. The number of carbonyl (C=O) groups is 2. The number of alkyl halides is 3. The monoisotopic (exact) mass is 387 g/mol. The number of nitrogens with one attached hydrogen (secondary N) is 2. The van der Waals surface area contributed by atoms with Crippen LogP contribution in [0.15, 0.2) is 24.3 Å². The Labute approximate surface area is 156 Å². The summed E-state index contributed by atoms with van der Waals surface area (Å²) in [5.41, 5.74) is -1.25. The molecule has 0 saturated carbocycles. The average molecular weight is 387 g/mol. The average Bonchev–Trinajstić information content (AvgIpc) is 3.12. The molecule has 2 rings (SSSR count). The summed E-state index contributed by atoms with van der Waals surface area (Å²) >= 11 is 0. The Kier molecular flexibility index (Phi) is 7.61. The molecule has 0 aliphatic carbocycles. The summed E-state index contributed by atoms with van der Waals surface area (Å²) in [7, 11) is 0. The van der Waals surface area contributed by atoms with Gasteiger partial charge in [0.1, 0.15) is 0 Å². The molecule has 1 fully saturated rings. The molecule has 1 aliphatic heterocycles. The van der Waals surface area contributed by atoms with Gasteiger partial charge in [0.2, 0.25) is 11.8 Å². The van der Waals surface area contributed by atoms with Gasteiger partial charge >= 0.3 is 6.18 Å². The number of halogens is 3. The molecule has 27 heavy (non-hydrogen) atoms. The minimum atomic E-state index is -4.57. The molecule has 2 amide bonds. The third-order valence-corrected chi connectivity index (χ3v) is 4.25. The summed E-state index contributed by atoms with van der Waals surface area (Å²) in [5, 5.41) is 5.24. The fourth-order valence-electron chi connectivity index (χ4n) is 2.84. The van der Waals surface area contributed by atoms with Gasteiger partial charge < -0.3 is 20.3 Å². The molecule has 1 atom stereocenters. The van der Waals surface area contributed by atoms with Gasteiger partial charge in [-0.15, -0.1) is 0 Å². The number of benzene rings is 1. The van der Waals surface area contributed by atoms with Crippen LogP contribution in [0.5, 0.6) is 0 Å². The first-order valence-electron chi connectivity index (χ1n) is 8.87. The first-order chi connectivity index (χ1) is 12.8. The summed E-state index contributed by atoms with van der Waals surface area (Å²) < 4.78 is 44.4. The fraction of sp³-hybridized carbons (Fsp3) is 0.556. The Morgan fingerprint density at radius 3 is 2.67 bits per heavy atom. The van der Waals surface area contributed by atoms with Gasteiger partial charge in [0.05, 0.1) is 30.4 Å². The van der Waals surface area contributed by atoms with E-state index < -0.39 is 17.6 Å². The highest BCUT2D eigenvalue weighted by atomic mass is 19.4. The van der Waals surface area contributed by atoms with Gasteiger partial charge in [-0.1, -0.05) is 12.1 Å². The van der Waals surface area contributed by atoms with E-state index >= 15 is 0 Å². The maximum absolute atomic E-state index is 13.0. The van der Waals surface area contributed by atoms with Crippen molar-refractivity contribution in [1.82, 2.24) is 10.2 Å². The fourth-order valence-corrected chi connectivity index (χ4v) is 2.84. The van der Waals surface area contributed by atoms with E-state index in [1.165, 1.54) is 23.1 Å². The highest BCUT2D eigenvalue weighted by Crippen LogP contribution is 2.34. The van der Waals surface area contributed by atoms with E-state index in [-0.39, 0.29) is 37.3 Å². The summed E-state index contributed by atoms with van der Waals surface area (Å²) in [5.74, 6) is -0.976. The maximum Gasteiger partial charge on any atom is 0.418 e. The molecule has 6 nitrogen and oxygen atoms in total. The van der Waals surface area contributed by atoms with Crippen molar-refractivity contribution in [3.05, 3.63) is 29.8 Å². The van der Waals surface area contributed by atoms with Gasteiger partial charge in [0, 0.05) is 19.7 Å². The van der Waals surface area contributed by atoms with Crippen LogP contribution in [-0.4, -0.2) is 55.6 Å². The second-order valence-electron chi connectivity index (χ2n) is 6.27. The number of nitrogens with zero attached hydrogens (tertiary/aromatic N) is 1. The van der Waals surface area contributed by atoms with E-state index in [1.54, 1.807) is 6.92 Å². The van der Waals surface area contributed by atoms with E-state index in [0.717, 1.165) is 25.5 Å². The van der Waals surface area contributed by atoms with Crippen LogP contribution in [0.4, 0.5) is 18.9 Å². The highest BCUT2D eigenvalue weighted by Gasteiger charge is 2.33. The lowest BCUT2D eigenvalue weighted by Crippen LogP contribution is -2.43. The van der Waals surface area contributed by atoms with Crippen molar-refractivity contribution in [2.45, 2.75) is 32.0 Å². The predicted octanol–water partition coefficient (Wildman–Crippen LogP) is 2.26. The largest absolute Gasteiger partial charge is 0.418 e. The molecule has 0 aromatic heterocycles. The molecule has 150 valence electrons. The summed E-state index contributed by atoms with van der Waals surface area (Å²) in [4.78, 5) is 25.6. The van der Waals surface area contributed by atoms with Crippen LogP contribution in [0, 0.1) is 0 Å². The summed E-state index contributed by atoms with van der Waals surface area (Å²) in [6.45, 7) is 2.97. The van der Waals surface area contributed by atoms with Gasteiger partial charge in [-0.05, 0) is 31.9 Å². The first-order valence-corrected chi connectivity index (χ1v) is 8.87. The lowest BCUT2D eigenvalue weighted by Gasteiger charge is -2.22. The Bertz CT molecular complexity index is 646. The first kappa shape index (κ1) is 21.2. The second kappa shape index (κ2) is 9.70. The number of anilines is 1. The van der Waals surface area contributed by atoms with E-state index in [0.29, 0.717) is 6.54 Å². The van der Waals surface area contributed by atoms with Crippen molar-refractivity contribution in [2.24, 2.45) is 0 Å². The SMILES string of the molecule is CCN(CC(=O)Nc1ccccc1C(F)(F)F)C(=O)CNCC1CCCO1.